The number of rotatable bonds is 4. The molecular weight excluding hydrogens is 458 g/mol. The molecule has 0 aromatic heterocycles. The van der Waals surface area contributed by atoms with Crippen molar-refractivity contribution in [2.75, 3.05) is 0 Å². The fraction of sp³-hybridized carbons (Fsp3) is 0.136. The largest absolute Gasteiger partial charge is 0.203 e. The van der Waals surface area contributed by atoms with Gasteiger partial charge in [-0.3, -0.25) is 0 Å². The van der Waals surface area contributed by atoms with Crippen molar-refractivity contribution in [3.05, 3.63) is 79.9 Å². The Morgan fingerprint density at radius 2 is 0.848 bits per heavy atom. The van der Waals surface area contributed by atoms with Crippen molar-refractivity contribution < 1.29 is 35.1 Å². The average Bonchev–Trinajstić information content (AvgIpc) is 2.80. The number of benzene rings is 2. The van der Waals surface area contributed by atoms with E-state index in [2.05, 4.69) is 0 Å². The van der Waals surface area contributed by atoms with Gasteiger partial charge in [0.25, 0.3) is 0 Å². The Bertz CT molecular complexity index is 1200. The van der Waals surface area contributed by atoms with Crippen molar-refractivity contribution in [2.45, 2.75) is 19.8 Å². The first-order chi connectivity index (χ1) is 15.4. The summed E-state index contributed by atoms with van der Waals surface area (Å²) in [6.45, 7) is 2.11. The maximum atomic E-state index is 14.6. The molecule has 0 aliphatic rings. The summed E-state index contributed by atoms with van der Waals surface area (Å²) < 4.78 is 116. The molecular formula is C22H9F8N3. The first-order valence-corrected chi connectivity index (χ1v) is 8.70. The van der Waals surface area contributed by atoms with Crippen LogP contribution in [0.4, 0.5) is 35.1 Å². The summed E-state index contributed by atoms with van der Waals surface area (Å²) in [4.78, 5) is 0. The highest BCUT2D eigenvalue weighted by Crippen LogP contribution is 2.38. The highest BCUT2D eigenvalue weighted by atomic mass is 19.2. The van der Waals surface area contributed by atoms with Crippen molar-refractivity contribution in [3.8, 4) is 18.2 Å². The van der Waals surface area contributed by atoms with Crippen LogP contribution in [0, 0.1) is 80.5 Å². The van der Waals surface area contributed by atoms with Crippen LogP contribution in [-0.2, 0) is 0 Å². The van der Waals surface area contributed by atoms with Gasteiger partial charge in [0.15, 0.2) is 46.5 Å². The van der Waals surface area contributed by atoms with Crippen LogP contribution >= 0.6 is 0 Å². The van der Waals surface area contributed by atoms with E-state index in [1.54, 1.807) is 0 Å². The number of allylic oxidation sites excluding steroid dienone is 2. The molecule has 11 heteroatoms. The lowest BCUT2D eigenvalue weighted by Crippen LogP contribution is -2.16. The van der Waals surface area contributed by atoms with Crippen molar-refractivity contribution in [1.29, 1.82) is 15.8 Å². The Morgan fingerprint density at radius 1 is 0.576 bits per heavy atom. The number of halogens is 8. The highest BCUT2D eigenvalue weighted by molar-refractivity contribution is 5.61. The summed E-state index contributed by atoms with van der Waals surface area (Å²) in [5, 5.41) is 26.6. The van der Waals surface area contributed by atoms with E-state index in [0.717, 1.165) is 19.9 Å². The molecule has 168 valence electrons. The molecule has 2 rings (SSSR count). The highest BCUT2D eigenvalue weighted by Gasteiger charge is 2.36. The Labute approximate surface area is 181 Å². The molecule has 0 bridgehead atoms. The van der Waals surface area contributed by atoms with Crippen molar-refractivity contribution in [2.24, 2.45) is 0 Å². The van der Waals surface area contributed by atoms with Crippen LogP contribution in [-0.4, -0.2) is 0 Å². The van der Waals surface area contributed by atoms with Crippen LogP contribution < -0.4 is 0 Å². The Balaban J connectivity index is 2.93. The van der Waals surface area contributed by atoms with Gasteiger partial charge in [0.2, 0.25) is 0 Å². The van der Waals surface area contributed by atoms with Crippen LogP contribution in [0.2, 0.25) is 0 Å². The summed E-state index contributed by atoms with van der Waals surface area (Å²) >= 11 is 0. The first kappa shape index (κ1) is 25.1. The maximum Gasteiger partial charge on any atom is 0.169 e. The van der Waals surface area contributed by atoms with Crippen LogP contribution in [0.5, 0.6) is 0 Å². The number of hydrogen-bond acceptors (Lipinski definition) is 3. The van der Waals surface area contributed by atoms with Gasteiger partial charge in [0.05, 0.1) is 40.5 Å². The molecule has 0 aliphatic heterocycles. The van der Waals surface area contributed by atoms with Crippen molar-refractivity contribution in [3.63, 3.8) is 0 Å². The van der Waals surface area contributed by atoms with E-state index >= 15 is 0 Å². The van der Waals surface area contributed by atoms with Gasteiger partial charge in [-0.1, -0.05) is 0 Å². The third-order valence-electron chi connectivity index (χ3n) is 4.44. The monoisotopic (exact) mass is 467 g/mol. The van der Waals surface area contributed by atoms with Gasteiger partial charge in [-0.2, -0.15) is 15.8 Å². The molecule has 0 heterocycles. The third kappa shape index (κ3) is 4.28. The Hall–Kier alpha value is -4.17. The SMILES string of the molecule is CC(C#N)=Cc1c(F)c(F)c(C(C#N)c2c(F)c(F)c(C=C(C)C#N)c(F)c2F)c(F)c1F. The Kier molecular flexibility index (Phi) is 7.25. The van der Waals surface area contributed by atoms with Gasteiger partial charge in [0, 0.05) is 11.1 Å². The maximum absolute atomic E-state index is 14.6. The Morgan fingerprint density at radius 3 is 1.06 bits per heavy atom. The minimum Gasteiger partial charge on any atom is -0.203 e. The minimum absolute atomic E-state index is 0.367. The van der Waals surface area contributed by atoms with Gasteiger partial charge in [0.1, 0.15) is 5.92 Å². The zero-order valence-electron chi connectivity index (χ0n) is 16.6. The fourth-order valence-electron chi connectivity index (χ4n) is 2.86. The van der Waals surface area contributed by atoms with Gasteiger partial charge < -0.3 is 0 Å². The molecule has 0 N–H and O–H groups in total. The van der Waals surface area contributed by atoms with E-state index in [1.165, 1.54) is 12.1 Å². The summed E-state index contributed by atoms with van der Waals surface area (Å²) in [6.07, 6.45) is 0.891. The predicted molar refractivity (Wildman–Crippen MR) is 98.5 cm³/mol. The normalized spacial score (nSPS) is 12.7. The molecule has 3 nitrogen and oxygen atoms in total. The first-order valence-electron chi connectivity index (χ1n) is 8.70. The molecule has 0 saturated heterocycles. The summed E-state index contributed by atoms with van der Waals surface area (Å²) in [5.74, 6) is -20.3. The van der Waals surface area contributed by atoms with Gasteiger partial charge in [-0.25, -0.2) is 35.1 Å². The van der Waals surface area contributed by atoms with E-state index in [9.17, 15) is 40.4 Å². The summed E-state index contributed by atoms with van der Waals surface area (Å²) in [6, 6.07) is 3.90. The predicted octanol–water partition coefficient (Wildman–Crippen LogP) is 6.31. The number of hydrogen-bond donors (Lipinski definition) is 0. The van der Waals surface area contributed by atoms with E-state index < -0.39 is 74.7 Å². The molecule has 0 spiro atoms. The van der Waals surface area contributed by atoms with Crippen molar-refractivity contribution in [1.82, 2.24) is 0 Å². The molecule has 0 aliphatic carbocycles. The van der Waals surface area contributed by atoms with Crippen LogP contribution in [0.25, 0.3) is 12.2 Å². The second-order valence-corrected chi connectivity index (χ2v) is 6.61. The molecule has 0 radical (unpaired) electrons. The van der Waals surface area contributed by atoms with Gasteiger partial charge >= 0.3 is 0 Å². The van der Waals surface area contributed by atoms with Crippen LogP contribution in [0.3, 0.4) is 0 Å². The second-order valence-electron chi connectivity index (χ2n) is 6.61. The quantitative estimate of drug-likeness (QED) is 0.301. The van der Waals surface area contributed by atoms with E-state index in [-0.39, 0.29) is 11.1 Å². The number of nitrogens with zero attached hydrogens (tertiary/aromatic N) is 3. The minimum atomic E-state index is -2.86. The van der Waals surface area contributed by atoms with Crippen LogP contribution in [0.1, 0.15) is 42.0 Å². The van der Waals surface area contributed by atoms with E-state index in [0.29, 0.717) is 12.2 Å². The lowest BCUT2D eigenvalue weighted by Gasteiger charge is -2.17. The fourth-order valence-corrected chi connectivity index (χ4v) is 2.86. The van der Waals surface area contributed by atoms with Crippen molar-refractivity contribution >= 4 is 12.2 Å². The molecule has 0 unspecified atom stereocenters. The third-order valence-corrected chi connectivity index (χ3v) is 4.44. The van der Waals surface area contributed by atoms with Gasteiger partial charge in [-0.05, 0) is 26.0 Å². The zero-order valence-corrected chi connectivity index (χ0v) is 16.6. The molecule has 0 amide bonds. The van der Waals surface area contributed by atoms with E-state index in [1.807, 2.05) is 0 Å². The molecule has 0 atom stereocenters. The van der Waals surface area contributed by atoms with E-state index in [4.69, 9.17) is 10.5 Å². The molecule has 0 saturated carbocycles. The summed E-state index contributed by atoms with van der Waals surface area (Å²) in [5.41, 5.74) is -7.12. The standard InChI is InChI=1S/C22H9F8N3/c1-8(5-31)3-10-15(23)19(27)13(20(28)16(10)24)12(7-33)14-21(29)17(25)11(4-9(2)6-32)18(26)22(14)30/h3-4,12H,1-2H3. The van der Waals surface area contributed by atoms with Crippen LogP contribution in [0.15, 0.2) is 11.1 Å². The molecule has 0 fully saturated rings. The smallest absolute Gasteiger partial charge is 0.169 e. The average molecular weight is 467 g/mol. The number of nitriles is 3. The molecule has 33 heavy (non-hydrogen) atoms. The lowest BCUT2D eigenvalue weighted by atomic mass is 9.88. The zero-order chi connectivity index (χ0) is 25.2. The summed E-state index contributed by atoms with van der Waals surface area (Å²) in [7, 11) is 0. The second kappa shape index (κ2) is 9.54. The van der Waals surface area contributed by atoms with Gasteiger partial charge in [-0.15, -0.1) is 0 Å². The topological polar surface area (TPSA) is 71.4 Å². The molecule has 2 aromatic rings. The lowest BCUT2D eigenvalue weighted by molar-refractivity contribution is 0.419. The molecule has 2 aromatic carbocycles.